The van der Waals surface area contributed by atoms with Crippen molar-refractivity contribution in [2.24, 2.45) is 0 Å². The van der Waals surface area contributed by atoms with Gasteiger partial charge in [-0.2, -0.15) is 0 Å². The smallest absolute Gasteiger partial charge is 0.0662 e. The molecule has 0 radical (unpaired) electrons. The lowest BCUT2D eigenvalue weighted by Crippen LogP contribution is -2.14. The molecule has 1 fully saturated rings. The molecule has 82 valence electrons. The zero-order valence-corrected chi connectivity index (χ0v) is 10.4. The summed E-state index contributed by atoms with van der Waals surface area (Å²) >= 11 is 13.5. The Labute approximate surface area is 104 Å². The molecule has 0 aliphatic heterocycles. The molecule has 0 amide bonds. The molecular weight excluding hydrogens is 251 g/mol. The van der Waals surface area contributed by atoms with Gasteiger partial charge < -0.3 is 5.11 Å². The van der Waals surface area contributed by atoms with Gasteiger partial charge in [0.05, 0.1) is 16.1 Å². The monoisotopic (exact) mass is 262 g/mol. The van der Waals surface area contributed by atoms with E-state index >= 15 is 0 Å². The molecule has 0 spiro atoms. The second kappa shape index (κ2) is 4.96. The van der Waals surface area contributed by atoms with Gasteiger partial charge in [-0.25, -0.2) is 0 Å². The van der Waals surface area contributed by atoms with Crippen LogP contribution in [0.1, 0.15) is 19.3 Å². The minimum absolute atomic E-state index is 0.176. The van der Waals surface area contributed by atoms with Crippen molar-refractivity contribution in [2.45, 2.75) is 35.5 Å². The first-order valence-corrected chi connectivity index (χ1v) is 6.60. The Balaban J connectivity index is 2.07. The number of rotatable bonds is 2. The number of thioether (sulfide) groups is 1. The maximum atomic E-state index is 9.69. The van der Waals surface area contributed by atoms with E-state index in [0.717, 1.165) is 24.2 Å². The van der Waals surface area contributed by atoms with Crippen LogP contribution in [0.5, 0.6) is 0 Å². The van der Waals surface area contributed by atoms with E-state index in [-0.39, 0.29) is 6.10 Å². The fourth-order valence-electron chi connectivity index (χ4n) is 1.77. The van der Waals surface area contributed by atoms with Crippen molar-refractivity contribution in [3.05, 3.63) is 28.2 Å². The SMILES string of the molecule is O[C@@H]1CCC[C@H]1Sc1ccc(Cl)c(Cl)c1. The van der Waals surface area contributed by atoms with Gasteiger partial charge >= 0.3 is 0 Å². The van der Waals surface area contributed by atoms with Crippen LogP contribution in [-0.4, -0.2) is 16.5 Å². The van der Waals surface area contributed by atoms with E-state index in [1.165, 1.54) is 0 Å². The van der Waals surface area contributed by atoms with Crippen molar-refractivity contribution in [3.8, 4) is 0 Å². The first kappa shape index (κ1) is 11.6. The van der Waals surface area contributed by atoms with Gasteiger partial charge in [0.15, 0.2) is 0 Å². The zero-order chi connectivity index (χ0) is 10.8. The molecule has 1 aliphatic rings. The number of aliphatic hydroxyl groups is 1. The standard InChI is InChI=1S/C11H12Cl2OS/c12-8-5-4-7(6-9(8)13)15-11-3-1-2-10(11)14/h4-6,10-11,14H,1-3H2/t10-,11-/m1/s1. The summed E-state index contributed by atoms with van der Waals surface area (Å²) in [6.07, 6.45) is 2.93. The second-order valence-corrected chi connectivity index (χ2v) is 5.86. The van der Waals surface area contributed by atoms with E-state index in [1.54, 1.807) is 17.8 Å². The van der Waals surface area contributed by atoms with Crippen molar-refractivity contribution in [1.82, 2.24) is 0 Å². The number of aliphatic hydroxyl groups excluding tert-OH is 1. The Morgan fingerprint density at radius 3 is 2.60 bits per heavy atom. The summed E-state index contributed by atoms with van der Waals surface area (Å²) in [5.74, 6) is 0. The molecule has 2 rings (SSSR count). The normalized spacial score (nSPS) is 25.8. The average Bonchev–Trinajstić information content (AvgIpc) is 2.59. The third-order valence-electron chi connectivity index (χ3n) is 2.60. The molecule has 0 heterocycles. The van der Waals surface area contributed by atoms with Gasteiger partial charge in [0.1, 0.15) is 0 Å². The summed E-state index contributed by atoms with van der Waals surface area (Å²) in [4.78, 5) is 1.08. The lowest BCUT2D eigenvalue weighted by Gasteiger charge is -2.13. The topological polar surface area (TPSA) is 20.2 Å². The van der Waals surface area contributed by atoms with E-state index in [9.17, 15) is 5.11 Å². The minimum Gasteiger partial charge on any atom is -0.392 e. The van der Waals surface area contributed by atoms with Crippen LogP contribution >= 0.6 is 35.0 Å². The highest BCUT2D eigenvalue weighted by molar-refractivity contribution is 8.00. The first-order chi connectivity index (χ1) is 7.16. The summed E-state index contributed by atoms with van der Waals surface area (Å²) in [5.41, 5.74) is 0. The minimum atomic E-state index is -0.176. The van der Waals surface area contributed by atoms with E-state index in [4.69, 9.17) is 23.2 Å². The van der Waals surface area contributed by atoms with E-state index in [1.807, 2.05) is 12.1 Å². The lowest BCUT2D eigenvalue weighted by atomic mass is 10.3. The molecule has 1 nitrogen and oxygen atoms in total. The number of halogens is 2. The van der Waals surface area contributed by atoms with Crippen LogP contribution in [0.15, 0.2) is 23.1 Å². The Kier molecular flexibility index (Phi) is 3.83. The molecule has 2 atom stereocenters. The van der Waals surface area contributed by atoms with Crippen LogP contribution in [0.2, 0.25) is 10.0 Å². The van der Waals surface area contributed by atoms with Gasteiger partial charge in [-0.3, -0.25) is 0 Å². The quantitative estimate of drug-likeness (QED) is 0.870. The number of hydrogen-bond acceptors (Lipinski definition) is 2. The molecule has 1 aromatic carbocycles. The van der Waals surface area contributed by atoms with Crippen molar-refractivity contribution < 1.29 is 5.11 Å². The van der Waals surface area contributed by atoms with Gasteiger partial charge in [0.2, 0.25) is 0 Å². The largest absolute Gasteiger partial charge is 0.392 e. The van der Waals surface area contributed by atoms with Crippen molar-refractivity contribution >= 4 is 35.0 Å². The Morgan fingerprint density at radius 2 is 2.00 bits per heavy atom. The van der Waals surface area contributed by atoms with Crippen molar-refractivity contribution in [3.63, 3.8) is 0 Å². The molecule has 1 saturated carbocycles. The van der Waals surface area contributed by atoms with Gasteiger partial charge in [-0.05, 0) is 37.5 Å². The molecule has 15 heavy (non-hydrogen) atoms. The van der Waals surface area contributed by atoms with Crippen LogP contribution < -0.4 is 0 Å². The molecule has 1 aromatic rings. The van der Waals surface area contributed by atoms with Crippen LogP contribution in [0.4, 0.5) is 0 Å². The fourth-order valence-corrected chi connectivity index (χ4v) is 3.39. The van der Waals surface area contributed by atoms with Crippen LogP contribution in [0.25, 0.3) is 0 Å². The predicted octanol–water partition coefficient (Wildman–Crippen LogP) is 4.00. The molecule has 0 unspecified atom stereocenters. The molecule has 0 saturated heterocycles. The highest BCUT2D eigenvalue weighted by Gasteiger charge is 2.25. The number of benzene rings is 1. The molecule has 1 aliphatic carbocycles. The molecular formula is C11H12Cl2OS. The summed E-state index contributed by atoms with van der Waals surface area (Å²) in [6, 6.07) is 5.61. The second-order valence-electron chi connectivity index (χ2n) is 3.73. The van der Waals surface area contributed by atoms with Crippen LogP contribution in [0, 0.1) is 0 Å². The molecule has 1 N–H and O–H groups in total. The fraction of sp³-hybridized carbons (Fsp3) is 0.455. The van der Waals surface area contributed by atoms with Crippen molar-refractivity contribution in [2.75, 3.05) is 0 Å². The van der Waals surface area contributed by atoms with Gasteiger partial charge in [0, 0.05) is 10.1 Å². The highest BCUT2D eigenvalue weighted by atomic mass is 35.5. The van der Waals surface area contributed by atoms with Crippen LogP contribution in [-0.2, 0) is 0 Å². The average molecular weight is 263 g/mol. The van der Waals surface area contributed by atoms with E-state index < -0.39 is 0 Å². The zero-order valence-electron chi connectivity index (χ0n) is 8.12. The maximum absolute atomic E-state index is 9.69. The van der Waals surface area contributed by atoms with Gasteiger partial charge in [-0.15, -0.1) is 11.8 Å². The summed E-state index contributed by atoms with van der Waals surface area (Å²) in [6.45, 7) is 0. The Morgan fingerprint density at radius 1 is 1.20 bits per heavy atom. The summed E-state index contributed by atoms with van der Waals surface area (Å²) in [7, 11) is 0. The molecule has 4 heteroatoms. The summed E-state index contributed by atoms with van der Waals surface area (Å²) < 4.78 is 0. The third-order valence-corrected chi connectivity index (χ3v) is 4.71. The van der Waals surface area contributed by atoms with Crippen molar-refractivity contribution in [1.29, 1.82) is 0 Å². The third kappa shape index (κ3) is 2.82. The van der Waals surface area contributed by atoms with E-state index in [2.05, 4.69) is 0 Å². The lowest BCUT2D eigenvalue weighted by molar-refractivity contribution is 0.188. The number of hydrogen-bond donors (Lipinski definition) is 1. The van der Waals surface area contributed by atoms with E-state index in [0.29, 0.717) is 15.3 Å². The maximum Gasteiger partial charge on any atom is 0.0662 e. The molecule has 0 bridgehead atoms. The Bertz CT molecular complexity index is 356. The highest BCUT2D eigenvalue weighted by Crippen LogP contribution is 2.37. The first-order valence-electron chi connectivity index (χ1n) is 4.96. The van der Waals surface area contributed by atoms with Gasteiger partial charge in [0.25, 0.3) is 0 Å². The predicted molar refractivity (Wildman–Crippen MR) is 66.0 cm³/mol. The Hall–Kier alpha value is 0.110. The summed E-state index contributed by atoms with van der Waals surface area (Å²) in [5, 5.41) is 11.2. The van der Waals surface area contributed by atoms with Gasteiger partial charge in [-0.1, -0.05) is 23.2 Å². The molecule has 0 aromatic heterocycles. The van der Waals surface area contributed by atoms with Crippen LogP contribution in [0.3, 0.4) is 0 Å².